The number of imidazole rings is 1. The fourth-order valence-corrected chi connectivity index (χ4v) is 2.98. The SMILES string of the molecule is Cc1cc(Br)ccc1-n1c(C)nc2ccc(C(=O)O)cc21. The summed E-state index contributed by atoms with van der Waals surface area (Å²) in [6.07, 6.45) is 0. The first-order valence-electron chi connectivity index (χ1n) is 6.46. The Kier molecular flexibility index (Phi) is 3.29. The van der Waals surface area contributed by atoms with Gasteiger partial charge in [-0.1, -0.05) is 15.9 Å². The monoisotopic (exact) mass is 344 g/mol. The molecule has 4 nitrogen and oxygen atoms in total. The summed E-state index contributed by atoms with van der Waals surface area (Å²) in [6, 6.07) is 11.0. The lowest BCUT2D eigenvalue weighted by molar-refractivity contribution is 0.0697. The standard InChI is InChI=1S/C16H13BrN2O2/c1-9-7-12(17)4-6-14(9)19-10(2)18-13-5-3-11(16(20)21)8-15(13)19/h3-8H,1-2H3,(H,20,21). The minimum absolute atomic E-state index is 0.262. The number of carboxylic acid groups (broad SMARTS) is 1. The molecule has 0 saturated carbocycles. The van der Waals surface area contributed by atoms with Crippen molar-refractivity contribution in [3.8, 4) is 5.69 Å². The number of halogens is 1. The van der Waals surface area contributed by atoms with E-state index in [0.717, 1.165) is 32.6 Å². The molecule has 0 aliphatic carbocycles. The van der Waals surface area contributed by atoms with Crippen LogP contribution in [0, 0.1) is 13.8 Å². The molecule has 3 rings (SSSR count). The highest BCUT2D eigenvalue weighted by molar-refractivity contribution is 9.10. The number of rotatable bonds is 2. The molecule has 0 atom stereocenters. The molecule has 21 heavy (non-hydrogen) atoms. The van der Waals surface area contributed by atoms with E-state index in [0.29, 0.717) is 0 Å². The van der Waals surface area contributed by atoms with Gasteiger partial charge >= 0.3 is 5.97 Å². The number of hydrogen-bond acceptors (Lipinski definition) is 2. The first-order valence-corrected chi connectivity index (χ1v) is 7.25. The van der Waals surface area contributed by atoms with E-state index in [1.165, 1.54) is 0 Å². The van der Waals surface area contributed by atoms with E-state index in [4.69, 9.17) is 5.11 Å². The van der Waals surface area contributed by atoms with Gasteiger partial charge in [0.15, 0.2) is 0 Å². The molecule has 1 aromatic heterocycles. The van der Waals surface area contributed by atoms with Crippen molar-refractivity contribution in [2.24, 2.45) is 0 Å². The maximum Gasteiger partial charge on any atom is 0.335 e. The Hall–Kier alpha value is -2.14. The summed E-state index contributed by atoms with van der Waals surface area (Å²) in [5, 5.41) is 9.17. The van der Waals surface area contributed by atoms with Crippen LogP contribution < -0.4 is 0 Å². The predicted molar refractivity (Wildman–Crippen MR) is 85.2 cm³/mol. The molecule has 0 unspecified atom stereocenters. The van der Waals surface area contributed by atoms with Crippen molar-refractivity contribution in [3.63, 3.8) is 0 Å². The molecule has 5 heteroatoms. The molecule has 0 saturated heterocycles. The normalized spacial score (nSPS) is 11.0. The van der Waals surface area contributed by atoms with E-state index >= 15 is 0 Å². The van der Waals surface area contributed by atoms with E-state index < -0.39 is 5.97 Å². The van der Waals surface area contributed by atoms with Gasteiger partial charge in [0.2, 0.25) is 0 Å². The third kappa shape index (κ3) is 2.34. The highest BCUT2D eigenvalue weighted by Crippen LogP contribution is 2.26. The average Bonchev–Trinajstić information content (AvgIpc) is 2.74. The lowest BCUT2D eigenvalue weighted by Crippen LogP contribution is -2.01. The van der Waals surface area contributed by atoms with Crippen molar-refractivity contribution < 1.29 is 9.90 Å². The number of benzene rings is 2. The summed E-state index contributed by atoms with van der Waals surface area (Å²) in [7, 11) is 0. The van der Waals surface area contributed by atoms with Gasteiger partial charge in [0.25, 0.3) is 0 Å². The second-order valence-corrected chi connectivity index (χ2v) is 5.85. The van der Waals surface area contributed by atoms with Gasteiger partial charge in [-0.2, -0.15) is 0 Å². The molecular formula is C16H13BrN2O2. The van der Waals surface area contributed by atoms with Crippen LogP contribution in [0.15, 0.2) is 40.9 Å². The third-order valence-corrected chi connectivity index (χ3v) is 3.96. The second-order valence-electron chi connectivity index (χ2n) is 4.93. The predicted octanol–water partition coefficient (Wildman–Crippen LogP) is 4.10. The van der Waals surface area contributed by atoms with Crippen LogP contribution in [0.25, 0.3) is 16.7 Å². The summed E-state index contributed by atoms with van der Waals surface area (Å²) in [6.45, 7) is 3.94. The number of fused-ring (bicyclic) bond motifs is 1. The van der Waals surface area contributed by atoms with Crippen molar-refractivity contribution in [1.82, 2.24) is 9.55 Å². The molecule has 0 amide bonds. The van der Waals surface area contributed by atoms with E-state index in [9.17, 15) is 4.79 Å². The second kappa shape index (κ2) is 5.00. The molecule has 2 aromatic carbocycles. The molecule has 0 radical (unpaired) electrons. The number of aromatic carboxylic acids is 1. The molecule has 1 heterocycles. The average molecular weight is 345 g/mol. The summed E-state index contributed by atoms with van der Waals surface area (Å²) in [5.74, 6) is -0.104. The van der Waals surface area contributed by atoms with E-state index in [2.05, 4.69) is 20.9 Å². The number of nitrogens with zero attached hydrogens (tertiary/aromatic N) is 2. The molecule has 0 fully saturated rings. The van der Waals surface area contributed by atoms with Crippen molar-refractivity contribution in [2.45, 2.75) is 13.8 Å². The van der Waals surface area contributed by atoms with Gasteiger partial charge in [0.05, 0.1) is 22.3 Å². The zero-order valence-electron chi connectivity index (χ0n) is 11.6. The van der Waals surface area contributed by atoms with Gasteiger partial charge in [-0.25, -0.2) is 9.78 Å². The van der Waals surface area contributed by atoms with Crippen LogP contribution in [0.2, 0.25) is 0 Å². The van der Waals surface area contributed by atoms with Crippen LogP contribution >= 0.6 is 15.9 Å². The first kappa shape index (κ1) is 13.8. The summed E-state index contributed by atoms with van der Waals surface area (Å²) < 4.78 is 3.00. The number of aryl methyl sites for hydroxylation is 2. The van der Waals surface area contributed by atoms with Crippen molar-refractivity contribution >= 4 is 32.9 Å². The van der Waals surface area contributed by atoms with Crippen molar-refractivity contribution in [2.75, 3.05) is 0 Å². The molecule has 3 aromatic rings. The Morgan fingerprint density at radius 2 is 1.95 bits per heavy atom. The van der Waals surface area contributed by atoms with E-state index in [1.807, 2.05) is 36.6 Å². The number of carbonyl (C=O) groups is 1. The Morgan fingerprint density at radius 3 is 2.62 bits per heavy atom. The lowest BCUT2D eigenvalue weighted by atomic mass is 10.1. The van der Waals surface area contributed by atoms with Crippen LogP contribution in [0.3, 0.4) is 0 Å². The van der Waals surface area contributed by atoms with Crippen LogP contribution in [-0.2, 0) is 0 Å². The van der Waals surface area contributed by atoms with Gasteiger partial charge in [-0.15, -0.1) is 0 Å². The Bertz CT molecular complexity index is 868. The maximum atomic E-state index is 11.2. The third-order valence-electron chi connectivity index (χ3n) is 3.47. The quantitative estimate of drug-likeness (QED) is 0.761. The summed E-state index contributed by atoms with van der Waals surface area (Å²) in [4.78, 5) is 15.7. The molecule has 0 aliphatic heterocycles. The van der Waals surface area contributed by atoms with Crippen LogP contribution in [0.4, 0.5) is 0 Å². The minimum Gasteiger partial charge on any atom is -0.478 e. The Morgan fingerprint density at radius 1 is 1.19 bits per heavy atom. The van der Waals surface area contributed by atoms with Gasteiger partial charge in [-0.3, -0.25) is 4.57 Å². The molecule has 106 valence electrons. The van der Waals surface area contributed by atoms with Gasteiger partial charge in [-0.05, 0) is 55.8 Å². The highest BCUT2D eigenvalue weighted by atomic mass is 79.9. The number of hydrogen-bond donors (Lipinski definition) is 1. The number of carboxylic acids is 1. The zero-order chi connectivity index (χ0) is 15.1. The smallest absolute Gasteiger partial charge is 0.335 e. The Labute approximate surface area is 130 Å². The van der Waals surface area contributed by atoms with Gasteiger partial charge < -0.3 is 5.11 Å². The van der Waals surface area contributed by atoms with Crippen molar-refractivity contribution in [3.05, 3.63) is 57.8 Å². The first-order chi connectivity index (χ1) is 9.97. The maximum absolute atomic E-state index is 11.2. The number of aromatic nitrogens is 2. The molecule has 1 N–H and O–H groups in total. The molecule has 0 aliphatic rings. The van der Waals surface area contributed by atoms with E-state index in [1.54, 1.807) is 18.2 Å². The van der Waals surface area contributed by atoms with Crippen LogP contribution in [-0.4, -0.2) is 20.6 Å². The summed E-state index contributed by atoms with van der Waals surface area (Å²) in [5.41, 5.74) is 3.95. The topological polar surface area (TPSA) is 55.1 Å². The van der Waals surface area contributed by atoms with Crippen molar-refractivity contribution in [1.29, 1.82) is 0 Å². The van der Waals surface area contributed by atoms with Gasteiger partial charge in [0, 0.05) is 4.47 Å². The fraction of sp³-hybridized carbons (Fsp3) is 0.125. The molecular weight excluding hydrogens is 332 g/mol. The largest absolute Gasteiger partial charge is 0.478 e. The molecule has 0 spiro atoms. The lowest BCUT2D eigenvalue weighted by Gasteiger charge is -2.11. The van der Waals surface area contributed by atoms with Gasteiger partial charge in [0.1, 0.15) is 5.82 Å². The van der Waals surface area contributed by atoms with E-state index in [-0.39, 0.29) is 5.56 Å². The van der Waals surface area contributed by atoms with Crippen LogP contribution in [0.1, 0.15) is 21.7 Å². The highest BCUT2D eigenvalue weighted by Gasteiger charge is 2.13. The summed E-state index contributed by atoms with van der Waals surface area (Å²) >= 11 is 3.46. The molecule has 0 bridgehead atoms. The van der Waals surface area contributed by atoms with Crippen LogP contribution in [0.5, 0.6) is 0 Å². The fourth-order valence-electron chi connectivity index (χ4n) is 2.50. The minimum atomic E-state index is -0.935. The zero-order valence-corrected chi connectivity index (χ0v) is 13.2. The Balaban J connectivity index is 2.32.